The minimum atomic E-state index is -0.462. The average molecular weight is 383 g/mol. The Balaban J connectivity index is 1.66. The van der Waals surface area contributed by atoms with Crippen molar-refractivity contribution in [2.45, 2.75) is 32.8 Å². The van der Waals surface area contributed by atoms with Gasteiger partial charge in [-0.25, -0.2) is 4.79 Å². The van der Waals surface area contributed by atoms with E-state index in [9.17, 15) is 9.59 Å². The third kappa shape index (κ3) is 6.50. The Morgan fingerprint density at radius 3 is 2.50 bits per heavy atom. The summed E-state index contributed by atoms with van der Waals surface area (Å²) in [6.07, 6.45) is 1.37. The average Bonchev–Trinajstić information content (AvgIpc) is 2.58. The Morgan fingerprint density at radius 2 is 1.92 bits per heavy atom. The highest BCUT2D eigenvalue weighted by molar-refractivity contribution is 6.32. The molecule has 1 saturated heterocycles. The number of benzene rings is 1. The molecule has 1 aromatic rings. The SMILES string of the molecule is CC(C)(C)OC(=O)N1CCN(CCCOc2ccc(C=O)cc2Cl)CC1. The van der Waals surface area contributed by atoms with Crippen LogP contribution in [0.4, 0.5) is 4.79 Å². The Morgan fingerprint density at radius 1 is 1.23 bits per heavy atom. The topological polar surface area (TPSA) is 59.1 Å². The van der Waals surface area contributed by atoms with E-state index in [1.807, 2.05) is 20.8 Å². The second-order valence-electron chi connectivity index (χ2n) is 7.32. The first-order valence-electron chi connectivity index (χ1n) is 8.86. The third-order valence-electron chi connectivity index (χ3n) is 3.99. The van der Waals surface area contributed by atoms with Crippen molar-refractivity contribution in [1.29, 1.82) is 0 Å². The van der Waals surface area contributed by atoms with Gasteiger partial charge in [0.15, 0.2) is 0 Å². The molecule has 1 aromatic carbocycles. The summed E-state index contributed by atoms with van der Waals surface area (Å²) < 4.78 is 11.1. The van der Waals surface area contributed by atoms with E-state index in [4.69, 9.17) is 21.1 Å². The lowest BCUT2D eigenvalue weighted by molar-refractivity contribution is 0.0142. The molecule has 0 saturated carbocycles. The van der Waals surface area contributed by atoms with Gasteiger partial charge < -0.3 is 14.4 Å². The van der Waals surface area contributed by atoms with Gasteiger partial charge in [0, 0.05) is 38.3 Å². The van der Waals surface area contributed by atoms with E-state index in [1.54, 1.807) is 23.1 Å². The van der Waals surface area contributed by atoms with Crippen molar-refractivity contribution in [2.24, 2.45) is 0 Å². The number of carbonyl (C=O) groups is 2. The molecule has 1 aliphatic heterocycles. The summed E-state index contributed by atoms with van der Waals surface area (Å²) >= 11 is 6.08. The molecule has 0 bridgehead atoms. The fourth-order valence-electron chi connectivity index (χ4n) is 2.66. The second kappa shape index (κ2) is 9.24. The van der Waals surface area contributed by atoms with Crippen molar-refractivity contribution in [3.63, 3.8) is 0 Å². The molecule has 1 aliphatic rings. The normalized spacial score (nSPS) is 15.6. The van der Waals surface area contributed by atoms with Crippen LogP contribution in [-0.4, -0.2) is 67.1 Å². The number of ether oxygens (including phenoxy) is 2. The molecule has 7 heteroatoms. The summed E-state index contributed by atoms with van der Waals surface area (Å²) in [5, 5.41) is 0.445. The molecule has 0 radical (unpaired) electrons. The molecular weight excluding hydrogens is 356 g/mol. The first-order chi connectivity index (χ1) is 12.3. The van der Waals surface area contributed by atoms with Crippen molar-refractivity contribution in [3.05, 3.63) is 28.8 Å². The molecule has 0 atom stereocenters. The summed E-state index contributed by atoms with van der Waals surface area (Å²) in [4.78, 5) is 26.8. The maximum Gasteiger partial charge on any atom is 0.410 e. The highest BCUT2D eigenvalue weighted by Crippen LogP contribution is 2.25. The van der Waals surface area contributed by atoms with E-state index in [0.717, 1.165) is 32.3 Å². The van der Waals surface area contributed by atoms with Crippen LogP contribution >= 0.6 is 11.6 Å². The smallest absolute Gasteiger partial charge is 0.410 e. The lowest BCUT2D eigenvalue weighted by Crippen LogP contribution is -2.50. The van der Waals surface area contributed by atoms with Gasteiger partial charge >= 0.3 is 6.09 Å². The molecule has 0 unspecified atom stereocenters. The highest BCUT2D eigenvalue weighted by Gasteiger charge is 2.25. The van der Waals surface area contributed by atoms with Crippen LogP contribution < -0.4 is 4.74 Å². The maximum atomic E-state index is 12.0. The maximum absolute atomic E-state index is 12.0. The number of nitrogens with zero attached hydrogens (tertiary/aromatic N) is 2. The van der Waals surface area contributed by atoms with Crippen molar-refractivity contribution in [1.82, 2.24) is 9.80 Å². The van der Waals surface area contributed by atoms with Crippen LogP contribution in [-0.2, 0) is 4.74 Å². The Bertz CT molecular complexity index is 622. The van der Waals surface area contributed by atoms with Crippen LogP contribution in [0, 0.1) is 0 Å². The zero-order valence-electron chi connectivity index (χ0n) is 15.7. The molecule has 1 amide bonds. The summed E-state index contributed by atoms with van der Waals surface area (Å²) in [5.41, 5.74) is 0.0710. The molecule has 1 fully saturated rings. The van der Waals surface area contributed by atoms with Crippen molar-refractivity contribution in [3.8, 4) is 5.75 Å². The van der Waals surface area contributed by atoms with Crippen molar-refractivity contribution in [2.75, 3.05) is 39.3 Å². The van der Waals surface area contributed by atoms with E-state index in [1.165, 1.54) is 0 Å². The van der Waals surface area contributed by atoms with Crippen LogP contribution in [0.15, 0.2) is 18.2 Å². The molecule has 144 valence electrons. The lowest BCUT2D eigenvalue weighted by atomic mass is 10.2. The third-order valence-corrected chi connectivity index (χ3v) is 4.29. The number of amides is 1. The number of halogens is 1. The van der Waals surface area contributed by atoms with Gasteiger partial charge in [-0.05, 0) is 45.4 Å². The Labute approximate surface area is 160 Å². The minimum Gasteiger partial charge on any atom is -0.492 e. The van der Waals surface area contributed by atoms with Crippen LogP contribution in [0.1, 0.15) is 37.6 Å². The summed E-state index contributed by atoms with van der Waals surface area (Å²) in [6.45, 7) is 10.1. The Kier molecular flexibility index (Phi) is 7.29. The molecule has 0 aromatic heterocycles. The number of rotatable bonds is 6. The number of hydrogen-bond acceptors (Lipinski definition) is 5. The van der Waals surface area contributed by atoms with Crippen LogP contribution in [0.25, 0.3) is 0 Å². The first kappa shape index (κ1) is 20.5. The molecular formula is C19H27ClN2O4. The van der Waals surface area contributed by atoms with E-state index in [2.05, 4.69) is 4.90 Å². The van der Waals surface area contributed by atoms with E-state index < -0.39 is 5.60 Å². The van der Waals surface area contributed by atoms with Gasteiger partial charge in [0.2, 0.25) is 0 Å². The van der Waals surface area contributed by atoms with Crippen LogP contribution in [0.2, 0.25) is 5.02 Å². The lowest BCUT2D eigenvalue weighted by Gasteiger charge is -2.35. The second-order valence-corrected chi connectivity index (χ2v) is 7.73. The van der Waals surface area contributed by atoms with Gasteiger partial charge in [0.05, 0.1) is 11.6 Å². The first-order valence-corrected chi connectivity index (χ1v) is 9.24. The summed E-state index contributed by atoms with van der Waals surface area (Å²) in [5.74, 6) is 0.590. The van der Waals surface area contributed by atoms with Gasteiger partial charge in [-0.2, -0.15) is 0 Å². The fraction of sp³-hybridized carbons (Fsp3) is 0.579. The number of carbonyl (C=O) groups excluding carboxylic acids is 2. The van der Waals surface area contributed by atoms with Crippen molar-refractivity contribution < 1.29 is 19.1 Å². The fourth-order valence-corrected chi connectivity index (χ4v) is 2.90. The van der Waals surface area contributed by atoms with Crippen LogP contribution in [0.5, 0.6) is 5.75 Å². The number of aldehydes is 1. The quantitative estimate of drug-likeness (QED) is 0.557. The van der Waals surface area contributed by atoms with E-state index in [0.29, 0.717) is 36.0 Å². The highest BCUT2D eigenvalue weighted by atomic mass is 35.5. The zero-order valence-corrected chi connectivity index (χ0v) is 16.4. The summed E-state index contributed by atoms with van der Waals surface area (Å²) in [7, 11) is 0. The van der Waals surface area contributed by atoms with Crippen molar-refractivity contribution >= 4 is 24.0 Å². The largest absolute Gasteiger partial charge is 0.492 e. The monoisotopic (exact) mass is 382 g/mol. The minimum absolute atomic E-state index is 0.242. The predicted octanol–water partition coefficient (Wildman–Crippen LogP) is 3.47. The molecule has 6 nitrogen and oxygen atoms in total. The zero-order chi connectivity index (χ0) is 19.2. The molecule has 0 N–H and O–H groups in total. The predicted molar refractivity (Wildman–Crippen MR) is 101 cm³/mol. The van der Waals surface area contributed by atoms with Gasteiger partial charge in [0.1, 0.15) is 17.6 Å². The molecule has 0 aliphatic carbocycles. The van der Waals surface area contributed by atoms with Gasteiger partial charge in [0.25, 0.3) is 0 Å². The summed E-state index contributed by atoms with van der Waals surface area (Å²) in [6, 6.07) is 5.00. The van der Waals surface area contributed by atoms with E-state index in [-0.39, 0.29) is 6.09 Å². The molecule has 1 heterocycles. The van der Waals surface area contributed by atoms with Crippen LogP contribution in [0.3, 0.4) is 0 Å². The van der Waals surface area contributed by atoms with Gasteiger partial charge in [-0.15, -0.1) is 0 Å². The molecule has 26 heavy (non-hydrogen) atoms. The molecule has 2 rings (SSSR count). The molecule has 0 spiro atoms. The van der Waals surface area contributed by atoms with E-state index >= 15 is 0 Å². The Hall–Kier alpha value is -1.79. The standard InChI is InChI=1S/C19H27ClN2O4/c1-19(2,3)26-18(24)22-10-8-21(9-11-22)7-4-12-25-17-6-5-15(14-23)13-16(17)20/h5-6,13-14H,4,7-12H2,1-3H3. The number of piperazine rings is 1. The number of hydrogen-bond donors (Lipinski definition) is 0. The van der Waals surface area contributed by atoms with Gasteiger partial charge in [-0.3, -0.25) is 9.69 Å². The van der Waals surface area contributed by atoms with Gasteiger partial charge in [-0.1, -0.05) is 11.6 Å².